The highest BCUT2D eigenvalue weighted by atomic mass is 32.2. The number of nitrogens with zero attached hydrogens (tertiary/aromatic N) is 1. The van der Waals surface area contributed by atoms with Crippen molar-refractivity contribution in [1.82, 2.24) is 4.90 Å². The summed E-state index contributed by atoms with van der Waals surface area (Å²) in [6.07, 6.45) is 4.94. The van der Waals surface area contributed by atoms with Gasteiger partial charge in [0, 0.05) is 30.3 Å². The number of hydrogen-bond donors (Lipinski definition) is 1. The van der Waals surface area contributed by atoms with Gasteiger partial charge in [-0.3, -0.25) is 4.79 Å². The summed E-state index contributed by atoms with van der Waals surface area (Å²) in [5.41, 5.74) is 6.04. The predicted octanol–water partition coefficient (Wildman–Crippen LogP) is 0.450. The summed E-state index contributed by atoms with van der Waals surface area (Å²) < 4.78 is 23.7. The largest absolute Gasteiger partial charge is 0.327 e. The fourth-order valence-corrected chi connectivity index (χ4v) is 5.69. The molecule has 1 saturated heterocycles. The Labute approximate surface area is 119 Å². The zero-order chi connectivity index (χ0) is 14.0. The number of amides is 1. The van der Waals surface area contributed by atoms with E-state index in [-0.39, 0.29) is 17.9 Å². The second-order valence-corrected chi connectivity index (χ2v) is 8.80. The molecule has 1 aliphatic carbocycles. The summed E-state index contributed by atoms with van der Waals surface area (Å²) in [5.74, 6) is 1.04. The van der Waals surface area contributed by atoms with E-state index in [1.54, 1.807) is 16.7 Å². The number of sulfone groups is 1. The first-order valence-electron chi connectivity index (χ1n) is 6.74. The lowest BCUT2D eigenvalue weighted by Crippen LogP contribution is -2.54. The summed E-state index contributed by atoms with van der Waals surface area (Å²) >= 11 is 1.59. The van der Waals surface area contributed by atoms with Gasteiger partial charge >= 0.3 is 0 Å². The molecule has 1 aliphatic heterocycles. The van der Waals surface area contributed by atoms with E-state index in [9.17, 15) is 13.2 Å². The van der Waals surface area contributed by atoms with Crippen molar-refractivity contribution in [1.29, 1.82) is 0 Å². The second-order valence-electron chi connectivity index (χ2n) is 5.45. The van der Waals surface area contributed by atoms with Gasteiger partial charge in [0.2, 0.25) is 5.91 Å². The fourth-order valence-electron chi connectivity index (χ4n) is 2.87. The number of nitrogens with two attached hydrogens (primary N) is 1. The molecule has 3 atom stereocenters. The Morgan fingerprint density at radius 3 is 2.63 bits per heavy atom. The maximum atomic E-state index is 12.6. The number of hydrogen-bond acceptors (Lipinski definition) is 5. The summed E-state index contributed by atoms with van der Waals surface area (Å²) in [6, 6.07) is -0.115. The quantitative estimate of drug-likeness (QED) is 0.801. The highest BCUT2D eigenvalue weighted by Crippen LogP contribution is 2.28. The van der Waals surface area contributed by atoms with Gasteiger partial charge in [0.1, 0.15) is 5.37 Å². The summed E-state index contributed by atoms with van der Waals surface area (Å²) in [7, 11) is -3.23. The molecule has 0 aromatic carbocycles. The Bertz CT molecular complexity index is 438. The number of carbonyl (C=O) groups excluding carboxylic acids is 1. The van der Waals surface area contributed by atoms with Crippen molar-refractivity contribution in [2.24, 2.45) is 11.7 Å². The van der Waals surface area contributed by atoms with Gasteiger partial charge in [-0.2, -0.15) is 11.8 Å². The molecule has 0 aromatic heterocycles. The van der Waals surface area contributed by atoms with Crippen LogP contribution < -0.4 is 5.73 Å². The van der Waals surface area contributed by atoms with Crippen LogP contribution in [0.1, 0.15) is 25.7 Å². The third-order valence-electron chi connectivity index (χ3n) is 4.00. The van der Waals surface area contributed by atoms with Gasteiger partial charge in [-0.15, -0.1) is 0 Å². The van der Waals surface area contributed by atoms with Crippen molar-refractivity contribution in [3.63, 3.8) is 0 Å². The van der Waals surface area contributed by atoms with E-state index in [2.05, 4.69) is 0 Å². The van der Waals surface area contributed by atoms with Crippen LogP contribution in [-0.4, -0.2) is 54.9 Å². The highest BCUT2D eigenvalue weighted by molar-refractivity contribution is 8.00. The topological polar surface area (TPSA) is 80.5 Å². The number of rotatable bonds is 2. The van der Waals surface area contributed by atoms with E-state index in [1.165, 1.54) is 6.26 Å². The third kappa shape index (κ3) is 3.44. The molecule has 3 unspecified atom stereocenters. The average Bonchev–Trinajstić information content (AvgIpc) is 2.37. The minimum atomic E-state index is -3.23. The summed E-state index contributed by atoms with van der Waals surface area (Å²) in [5, 5.41) is -0.673. The molecule has 0 spiro atoms. The lowest BCUT2D eigenvalue weighted by molar-refractivity contribution is -0.137. The number of carbonyl (C=O) groups is 1. The van der Waals surface area contributed by atoms with Crippen LogP contribution >= 0.6 is 11.8 Å². The van der Waals surface area contributed by atoms with Crippen LogP contribution in [0, 0.1) is 5.92 Å². The Balaban J connectivity index is 2.15. The van der Waals surface area contributed by atoms with E-state index < -0.39 is 15.2 Å². The van der Waals surface area contributed by atoms with Gasteiger partial charge in [-0.1, -0.05) is 12.8 Å². The predicted molar refractivity (Wildman–Crippen MR) is 77.6 cm³/mol. The molecule has 19 heavy (non-hydrogen) atoms. The van der Waals surface area contributed by atoms with Gasteiger partial charge in [0.25, 0.3) is 0 Å². The molecule has 2 aliphatic rings. The van der Waals surface area contributed by atoms with E-state index in [1.807, 2.05) is 0 Å². The van der Waals surface area contributed by atoms with Gasteiger partial charge in [0.05, 0.1) is 5.92 Å². The van der Waals surface area contributed by atoms with Crippen molar-refractivity contribution in [3.8, 4) is 0 Å². The molecule has 0 aromatic rings. The molecule has 110 valence electrons. The molecule has 2 N–H and O–H groups in total. The molecule has 1 heterocycles. The molecule has 2 fully saturated rings. The van der Waals surface area contributed by atoms with E-state index >= 15 is 0 Å². The second kappa shape index (κ2) is 6.01. The van der Waals surface area contributed by atoms with Crippen LogP contribution in [0.3, 0.4) is 0 Å². The lowest BCUT2D eigenvalue weighted by Gasteiger charge is -2.38. The van der Waals surface area contributed by atoms with Crippen LogP contribution in [0.15, 0.2) is 0 Å². The monoisotopic (exact) mass is 306 g/mol. The zero-order valence-electron chi connectivity index (χ0n) is 11.2. The van der Waals surface area contributed by atoms with Gasteiger partial charge < -0.3 is 10.6 Å². The van der Waals surface area contributed by atoms with Crippen LogP contribution in [0.25, 0.3) is 0 Å². The van der Waals surface area contributed by atoms with Crippen molar-refractivity contribution >= 4 is 27.5 Å². The SMILES string of the molecule is CS(=O)(=O)C1CSCCN1C(=O)C1CCCCC1N. The maximum absolute atomic E-state index is 12.6. The van der Waals surface area contributed by atoms with Crippen LogP contribution in [-0.2, 0) is 14.6 Å². The van der Waals surface area contributed by atoms with Gasteiger partial charge in [0.15, 0.2) is 9.84 Å². The first-order chi connectivity index (χ1) is 8.91. The third-order valence-corrected chi connectivity index (χ3v) is 6.64. The molecular formula is C12H22N2O3S2. The normalized spacial score (nSPS) is 33.2. The molecule has 1 amide bonds. The minimum absolute atomic E-state index is 0.0528. The first kappa shape index (κ1) is 15.1. The zero-order valence-corrected chi connectivity index (χ0v) is 12.9. The molecule has 7 heteroatoms. The Morgan fingerprint density at radius 1 is 1.32 bits per heavy atom. The molecule has 0 bridgehead atoms. The standard InChI is InChI=1S/C12H22N2O3S2/c1-19(16,17)11-8-18-7-6-14(11)12(15)9-4-2-3-5-10(9)13/h9-11H,2-8,13H2,1H3. The van der Waals surface area contributed by atoms with E-state index in [0.717, 1.165) is 31.4 Å². The molecule has 1 saturated carbocycles. The number of thioether (sulfide) groups is 1. The molecule has 2 rings (SSSR count). The fraction of sp³-hybridized carbons (Fsp3) is 0.917. The Morgan fingerprint density at radius 2 is 2.00 bits per heavy atom. The van der Waals surface area contributed by atoms with Crippen molar-refractivity contribution in [2.45, 2.75) is 37.1 Å². The minimum Gasteiger partial charge on any atom is -0.327 e. The van der Waals surface area contributed by atoms with E-state index in [0.29, 0.717) is 12.3 Å². The Kier molecular flexibility index (Phi) is 4.79. The van der Waals surface area contributed by atoms with Gasteiger partial charge in [-0.25, -0.2) is 8.42 Å². The molecular weight excluding hydrogens is 284 g/mol. The molecule has 0 radical (unpaired) electrons. The van der Waals surface area contributed by atoms with Gasteiger partial charge in [-0.05, 0) is 12.8 Å². The highest BCUT2D eigenvalue weighted by Gasteiger charge is 2.39. The maximum Gasteiger partial charge on any atom is 0.228 e. The molecule has 5 nitrogen and oxygen atoms in total. The van der Waals surface area contributed by atoms with Crippen LogP contribution in [0.5, 0.6) is 0 Å². The van der Waals surface area contributed by atoms with Crippen molar-refractivity contribution in [3.05, 3.63) is 0 Å². The summed E-state index contributed by atoms with van der Waals surface area (Å²) in [6.45, 7) is 0.518. The lowest BCUT2D eigenvalue weighted by atomic mass is 9.84. The van der Waals surface area contributed by atoms with Crippen molar-refractivity contribution in [2.75, 3.05) is 24.3 Å². The average molecular weight is 306 g/mol. The first-order valence-corrected chi connectivity index (χ1v) is 9.85. The van der Waals surface area contributed by atoms with Crippen LogP contribution in [0.4, 0.5) is 0 Å². The van der Waals surface area contributed by atoms with E-state index in [4.69, 9.17) is 5.73 Å². The van der Waals surface area contributed by atoms with Crippen molar-refractivity contribution < 1.29 is 13.2 Å². The smallest absolute Gasteiger partial charge is 0.228 e. The summed E-state index contributed by atoms with van der Waals surface area (Å²) in [4.78, 5) is 14.2. The Hall–Kier alpha value is -0.270. The van der Waals surface area contributed by atoms with Crippen LogP contribution in [0.2, 0.25) is 0 Å².